The summed E-state index contributed by atoms with van der Waals surface area (Å²) in [5.41, 5.74) is 0.661. The molecule has 0 saturated heterocycles. The van der Waals surface area contributed by atoms with E-state index in [1.807, 2.05) is 0 Å². The average molecular weight is 266 g/mol. The predicted molar refractivity (Wildman–Crippen MR) is 65.4 cm³/mol. The number of benzene rings is 1. The molecule has 19 heavy (non-hydrogen) atoms. The molecule has 0 heterocycles. The summed E-state index contributed by atoms with van der Waals surface area (Å²) in [6, 6.07) is 4.92. The summed E-state index contributed by atoms with van der Waals surface area (Å²) in [5.74, 6) is -1.68. The summed E-state index contributed by atoms with van der Waals surface area (Å²) >= 11 is 0. The lowest BCUT2D eigenvalue weighted by Crippen LogP contribution is -2.45. The lowest BCUT2D eigenvalue weighted by Gasteiger charge is -2.14. The van der Waals surface area contributed by atoms with Crippen molar-refractivity contribution in [3.05, 3.63) is 29.8 Å². The molecule has 1 aromatic rings. The highest BCUT2D eigenvalue weighted by Gasteiger charge is 2.20. The van der Waals surface area contributed by atoms with Gasteiger partial charge in [-0.3, -0.25) is 9.59 Å². The van der Waals surface area contributed by atoms with Gasteiger partial charge in [-0.25, -0.2) is 4.79 Å². The molecule has 0 aliphatic rings. The third kappa shape index (κ3) is 5.07. The van der Waals surface area contributed by atoms with Gasteiger partial charge in [-0.1, -0.05) is 12.1 Å². The minimum absolute atomic E-state index is 0.0786. The first-order chi connectivity index (χ1) is 9.02. The molecule has 0 saturated carbocycles. The van der Waals surface area contributed by atoms with Gasteiger partial charge in [0.2, 0.25) is 12.3 Å². The zero-order valence-electron chi connectivity index (χ0n) is 10.00. The summed E-state index contributed by atoms with van der Waals surface area (Å²) in [6.07, 6.45) is 0.442. The molecule has 4 N–H and O–H groups in total. The van der Waals surface area contributed by atoms with Crippen molar-refractivity contribution in [2.45, 2.75) is 12.5 Å². The molecule has 0 unspecified atom stereocenters. The van der Waals surface area contributed by atoms with Gasteiger partial charge in [0.25, 0.3) is 0 Å². The van der Waals surface area contributed by atoms with Crippen molar-refractivity contribution in [3.8, 4) is 5.75 Å². The molecule has 0 bridgehead atoms. The monoisotopic (exact) mass is 266 g/mol. The molecule has 0 aliphatic heterocycles. The fourth-order valence-corrected chi connectivity index (χ4v) is 1.45. The maximum atomic E-state index is 11.3. The number of phenols is 1. The van der Waals surface area contributed by atoms with Crippen LogP contribution in [-0.4, -0.2) is 41.1 Å². The Morgan fingerprint density at radius 2 is 1.89 bits per heavy atom. The van der Waals surface area contributed by atoms with Gasteiger partial charge in [-0.05, 0) is 17.7 Å². The van der Waals surface area contributed by atoms with E-state index in [0.29, 0.717) is 12.0 Å². The summed E-state index contributed by atoms with van der Waals surface area (Å²) in [5, 5.41) is 22.6. The molecule has 1 rings (SSSR count). The second-order valence-electron chi connectivity index (χ2n) is 3.83. The largest absolute Gasteiger partial charge is 0.508 e. The van der Waals surface area contributed by atoms with Gasteiger partial charge >= 0.3 is 5.97 Å². The Balaban J connectivity index is 2.62. The molecule has 7 nitrogen and oxygen atoms in total. The SMILES string of the molecule is O=CNCC(=O)N[C@@H](Cc1ccc(O)cc1)C(=O)O. The number of nitrogens with one attached hydrogen (secondary N) is 2. The van der Waals surface area contributed by atoms with Crippen LogP contribution in [0.15, 0.2) is 24.3 Å². The number of hydrogen-bond acceptors (Lipinski definition) is 4. The minimum atomic E-state index is -1.17. The van der Waals surface area contributed by atoms with E-state index in [9.17, 15) is 14.4 Å². The quantitative estimate of drug-likeness (QED) is 0.485. The number of carbonyl (C=O) groups is 3. The lowest BCUT2D eigenvalue weighted by molar-refractivity contribution is -0.141. The molecule has 0 aliphatic carbocycles. The number of aliphatic carboxylic acids is 1. The Labute approximate surface area is 109 Å². The number of carbonyl (C=O) groups excluding carboxylic acids is 2. The van der Waals surface area contributed by atoms with Crippen molar-refractivity contribution in [1.29, 1.82) is 0 Å². The van der Waals surface area contributed by atoms with E-state index in [1.165, 1.54) is 12.1 Å². The Bertz CT molecular complexity index is 458. The van der Waals surface area contributed by atoms with Gasteiger partial charge < -0.3 is 20.8 Å². The zero-order chi connectivity index (χ0) is 14.3. The summed E-state index contributed by atoms with van der Waals surface area (Å²) in [6.45, 7) is -0.275. The first kappa shape index (κ1) is 14.5. The number of phenolic OH excluding ortho intramolecular Hbond substituents is 1. The minimum Gasteiger partial charge on any atom is -0.508 e. The van der Waals surface area contributed by atoms with E-state index in [4.69, 9.17) is 10.2 Å². The molecule has 0 radical (unpaired) electrons. The van der Waals surface area contributed by atoms with Crippen molar-refractivity contribution >= 4 is 18.3 Å². The van der Waals surface area contributed by atoms with Crippen molar-refractivity contribution in [3.63, 3.8) is 0 Å². The first-order valence-electron chi connectivity index (χ1n) is 5.50. The molecular formula is C12H14N2O5. The van der Waals surface area contributed by atoms with E-state index in [0.717, 1.165) is 0 Å². The maximum Gasteiger partial charge on any atom is 0.326 e. The van der Waals surface area contributed by atoms with Gasteiger partial charge in [0.1, 0.15) is 11.8 Å². The standard InChI is InChI=1S/C12H14N2O5/c15-7-13-6-11(17)14-10(12(18)19)5-8-1-3-9(16)4-2-8/h1-4,7,10,16H,5-6H2,(H,13,15)(H,14,17)(H,18,19)/t10-/m0/s1. The molecule has 2 amide bonds. The molecular weight excluding hydrogens is 252 g/mol. The lowest BCUT2D eigenvalue weighted by atomic mass is 10.1. The van der Waals surface area contributed by atoms with Gasteiger partial charge in [0.15, 0.2) is 0 Å². The van der Waals surface area contributed by atoms with Crippen LogP contribution in [0.2, 0.25) is 0 Å². The number of amides is 2. The molecule has 102 valence electrons. The van der Waals surface area contributed by atoms with Gasteiger partial charge in [-0.15, -0.1) is 0 Å². The predicted octanol–water partition coefficient (Wildman–Crippen LogP) is -0.750. The highest BCUT2D eigenvalue weighted by molar-refractivity contribution is 5.85. The van der Waals surface area contributed by atoms with Crippen molar-refractivity contribution in [2.75, 3.05) is 6.54 Å². The summed E-state index contributed by atoms with van der Waals surface area (Å²) in [7, 11) is 0. The van der Waals surface area contributed by atoms with Crippen LogP contribution in [0.5, 0.6) is 5.75 Å². The molecule has 0 fully saturated rings. The third-order valence-electron chi connectivity index (χ3n) is 2.36. The van der Waals surface area contributed by atoms with Gasteiger partial charge in [0, 0.05) is 6.42 Å². The topological polar surface area (TPSA) is 116 Å². The highest BCUT2D eigenvalue weighted by atomic mass is 16.4. The van der Waals surface area contributed by atoms with Crippen LogP contribution in [0.4, 0.5) is 0 Å². The number of aromatic hydroxyl groups is 1. The first-order valence-corrected chi connectivity index (χ1v) is 5.50. The molecule has 0 spiro atoms. The Morgan fingerprint density at radius 1 is 1.26 bits per heavy atom. The van der Waals surface area contributed by atoms with Crippen molar-refractivity contribution < 1.29 is 24.6 Å². The zero-order valence-corrected chi connectivity index (χ0v) is 10.00. The number of rotatable bonds is 7. The van der Waals surface area contributed by atoms with Crippen LogP contribution in [0.1, 0.15) is 5.56 Å². The molecule has 0 aromatic heterocycles. The second kappa shape index (κ2) is 7.00. The highest BCUT2D eigenvalue weighted by Crippen LogP contribution is 2.11. The van der Waals surface area contributed by atoms with Crippen LogP contribution < -0.4 is 10.6 Å². The second-order valence-corrected chi connectivity index (χ2v) is 3.83. The van der Waals surface area contributed by atoms with Crippen LogP contribution >= 0.6 is 0 Å². The fraction of sp³-hybridized carbons (Fsp3) is 0.250. The van der Waals surface area contributed by atoms with Crippen LogP contribution in [0, 0.1) is 0 Å². The number of carboxylic acid groups (broad SMARTS) is 1. The molecule has 7 heteroatoms. The number of carboxylic acids is 1. The summed E-state index contributed by atoms with van der Waals surface area (Å²) in [4.78, 5) is 32.4. The summed E-state index contributed by atoms with van der Waals surface area (Å²) < 4.78 is 0. The van der Waals surface area contributed by atoms with E-state index < -0.39 is 17.9 Å². The van der Waals surface area contributed by atoms with E-state index in [1.54, 1.807) is 12.1 Å². The van der Waals surface area contributed by atoms with E-state index in [2.05, 4.69) is 10.6 Å². The van der Waals surface area contributed by atoms with E-state index in [-0.39, 0.29) is 18.7 Å². The maximum absolute atomic E-state index is 11.3. The van der Waals surface area contributed by atoms with Crippen LogP contribution in [0.25, 0.3) is 0 Å². The Kier molecular flexibility index (Phi) is 5.34. The normalized spacial score (nSPS) is 11.4. The smallest absolute Gasteiger partial charge is 0.326 e. The third-order valence-corrected chi connectivity index (χ3v) is 2.36. The van der Waals surface area contributed by atoms with Gasteiger partial charge in [-0.2, -0.15) is 0 Å². The molecule has 1 atom stereocenters. The van der Waals surface area contributed by atoms with Gasteiger partial charge in [0.05, 0.1) is 6.54 Å². The van der Waals surface area contributed by atoms with E-state index >= 15 is 0 Å². The molecule has 1 aromatic carbocycles. The van der Waals surface area contributed by atoms with Crippen molar-refractivity contribution in [2.24, 2.45) is 0 Å². The van der Waals surface area contributed by atoms with Crippen LogP contribution in [-0.2, 0) is 20.8 Å². The van der Waals surface area contributed by atoms with Crippen LogP contribution in [0.3, 0.4) is 0 Å². The average Bonchev–Trinajstić information content (AvgIpc) is 2.38. The number of hydrogen-bond donors (Lipinski definition) is 4. The van der Waals surface area contributed by atoms with Crippen molar-refractivity contribution in [1.82, 2.24) is 10.6 Å². The Hall–Kier alpha value is -2.57. The fourth-order valence-electron chi connectivity index (χ4n) is 1.45. The Morgan fingerprint density at radius 3 is 2.42 bits per heavy atom.